The summed E-state index contributed by atoms with van der Waals surface area (Å²) in [6.45, 7) is 0. The van der Waals surface area contributed by atoms with E-state index in [2.05, 4.69) is 20.9 Å². The van der Waals surface area contributed by atoms with Gasteiger partial charge in [-0.3, -0.25) is 0 Å². The first-order valence-electron chi connectivity index (χ1n) is 5.95. The molecule has 1 atom stereocenters. The van der Waals surface area contributed by atoms with Crippen molar-refractivity contribution >= 4 is 32.4 Å². The van der Waals surface area contributed by atoms with E-state index in [1.54, 1.807) is 0 Å². The molecule has 0 fully saturated rings. The number of anilines is 1. The van der Waals surface area contributed by atoms with Gasteiger partial charge in [0, 0.05) is 10.8 Å². The van der Waals surface area contributed by atoms with Crippen LogP contribution in [0.1, 0.15) is 34.9 Å². The van der Waals surface area contributed by atoms with Crippen LogP contribution in [0.4, 0.5) is 13.9 Å². The third kappa shape index (κ3) is 2.27. The monoisotopic (exact) mass is 344 g/mol. The number of hydrogen-bond donors (Lipinski definition) is 1. The molecule has 1 heterocycles. The van der Waals surface area contributed by atoms with E-state index in [4.69, 9.17) is 5.73 Å². The molecule has 1 unspecified atom stereocenters. The molecule has 0 amide bonds. The van der Waals surface area contributed by atoms with Crippen molar-refractivity contribution in [3.8, 4) is 0 Å². The van der Waals surface area contributed by atoms with Crippen LogP contribution in [0.15, 0.2) is 16.6 Å². The molecule has 0 saturated heterocycles. The Balaban J connectivity index is 2.11. The normalized spacial score (nSPS) is 18.4. The quantitative estimate of drug-likeness (QED) is 0.786. The molecule has 0 saturated carbocycles. The Labute approximate surface area is 121 Å². The van der Waals surface area contributed by atoms with E-state index in [9.17, 15) is 8.78 Å². The van der Waals surface area contributed by atoms with Gasteiger partial charge in [0.05, 0.1) is 10.2 Å². The Morgan fingerprint density at radius 3 is 2.89 bits per heavy atom. The first-order valence-corrected chi connectivity index (χ1v) is 7.56. The van der Waals surface area contributed by atoms with Crippen molar-refractivity contribution in [1.82, 2.24) is 4.98 Å². The van der Waals surface area contributed by atoms with E-state index in [-0.39, 0.29) is 10.4 Å². The molecule has 1 aliphatic carbocycles. The van der Waals surface area contributed by atoms with Crippen LogP contribution >= 0.6 is 27.3 Å². The molecule has 0 radical (unpaired) electrons. The van der Waals surface area contributed by atoms with E-state index < -0.39 is 11.6 Å². The minimum absolute atomic E-state index is 0.138. The SMILES string of the molecule is Nc1nc2c(s1)C(c1cc(F)c(Br)cc1F)CCC2. The number of benzene rings is 1. The van der Waals surface area contributed by atoms with E-state index >= 15 is 0 Å². The second-order valence-corrected chi connectivity index (χ2v) is 6.51. The lowest BCUT2D eigenvalue weighted by Gasteiger charge is -2.22. The third-order valence-electron chi connectivity index (χ3n) is 3.38. The number of nitrogens with two attached hydrogens (primary N) is 1. The smallest absolute Gasteiger partial charge is 0.180 e. The number of aromatic nitrogens is 1. The molecule has 1 aliphatic rings. The minimum atomic E-state index is -0.444. The summed E-state index contributed by atoms with van der Waals surface area (Å²) in [6.07, 6.45) is 2.57. The number of fused-ring (bicyclic) bond motifs is 1. The average molecular weight is 345 g/mol. The summed E-state index contributed by atoms with van der Waals surface area (Å²) in [6, 6.07) is 2.46. The van der Waals surface area contributed by atoms with Crippen LogP contribution in [-0.4, -0.2) is 4.98 Å². The zero-order chi connectivity index (χ0) is 13.6. The summed E-state index contributed by atoms with van der Waals surface area (Å²) in [4.78, 5) is 5.24. The molecule has 2 aromatic rings. The lowest BCUT2D eigenvalue weighted by molar-refractivity contribution is 0.544. The Morgan fingerprint density at radius 1 is 1.32 bits per heavy atom. The Kier molecular flexibility index (Phi) is 3.30. The van der Waals surface area contributed by atoms with Gasteiger partial charge in [-0.05, 0) is 52.9 Å². The van der Waals surface area contributed by atoms with Crippen molar-refractivity contribution < 1.29 is 8.78 Å². The highest BCUT2D eigenvalue weighted by molar-refractivity contribution is 9.10. The highest BCUT2D eigenvalue weighted by Gasteiger charge is 2.28. The molecule has 1 aromatic heterocycles. The van der Waals surface area contributed by atoms with Gasteiger partial charge in [0.15, 0.2) is 5.13 Å². The molecule has 0 spiro atoms. The van der Waals surface area contributed by atoms with Crippen LogP contribution in [0, 0.1) is 11.6 Å². The summed E-state index contributed by atoms with van der Waals surface area (Å²) in [5.41, 5.74) is 7.05. The highest BCUT2D eigenvalue weighted by Crippen LogP contribution is 2.42. The Bertz CT molecular complexity index is 642. The van der Waals surface area contributed by atoms with Gasteiger partial charge in [0.2, 0.25) is 0 Å². The molecule has 1 aromatic carbocycles. The second-order valence-electron chi connectivity index (χ2n) is 4.60. The molecule has 19 heavy (non-hydrogen) atoms. The summed E-state index contributed by atoms with van der Waals surface area (Å²) < 4.78 is 27.9. The fourth-order valence-electron chi connectivity index (χ4n) is 2.54. The van der Waals surface area contributed by atoms with Crippen LogP contribution in [0.25, 0.3) is 0 Å². The Hall–Kier alpha value is -1.01. The predicted octanol–water partition coefficient (Wildman–Crippen LogP) is 4.23. The van der Waals surface area contributed by atoms with Gasteiger partial charge in [0.25, 0.3) is 0 Å². The number of nitrogens with zero attached hydrogens (tertiary/aromatic N) is 1. The highest BCUT2D eigenvalue weighted by atomic mass is 79.9. The number of thiazole rings is 1. The molecule has 0 aliphatic heterocycles. The maximum absolute atomic E-state index is 14.1. The van der Waals surface area contributed by atoms with Gasteiger partial charge in [-0.15, -0.1) is 11.3 Å². The number of aryl methyl sites for hydroxylation is 1. The lowest BCUT2D eigenvalue weighted by Crippen LogP contribution is -2.11. The van der Waals surface area contributed by atoms with Gasteiger partial charge in [-0.1, -0.05) is 0 Å². The van der Waals surface area contributed by atoms with E-state index in [1.165, 1.54) is 23.5 Å². The fourth-order valence-corrected chi connectivity index (χ4v) is 3.89. The zero-order valence-corrected chi connectivity index (χ0v) is 12.3. The second kappa shape index (κ2) is 4.83. The van der Waals surface area contributed by atoms with Crippen LogP contribution < -0.4 is 5.73 Å². The fraction of sp³-hybridized carbons (Fsp3) is 0.308. The van der Waals surface area contributed by atoms with E-state index in [1.807, 2.05) is 0 Å². The van der Waals surface area contributed by atoms with Crippen LogP contribution in [-0.2, 0) is 6.42 Å². The summed E-state index contributed by atoms with van der Waals surface area (Å²) in [5.74, 6) is -0.972. The lowest BCUT2D eigenvalue weighted by atomic mass is 9.86. The number of nitrogen functional groups attached to an aromatic ring is 1. The first kappa shape index (κ1) is 13.0. The minimum Gasteiger partial charge on any atom is -0.375 e. The standard InChI is InChI=1S/C13H11BrF2N2S/c14-8-5-9(15)7(4-10(8)16)6-2-1-3-11-12(6)19-13(17)18-11/h4-6H,1-3H2,(H2,17,18). The van der Waals surface area contributed by atoms with Crippen LogP contribution in [0.3, 0.4) is 0 Å². The van der Waals surface area contributed by atoms with Gasteiger partial charge < -0.3 is 5.73 Å². The van der Waals surface area contributed by atoms with Crippen molar-refractivity contribution in [2.24, 2.45) is 0 Å². The van der Waals surface area contributed by atoms with Crippen molar-refractivity contribution in [2.75, 3.05) is 5.73 Å². The molecular weight excluding hydrogens is 334 g/mol. The van der Waals surface area contributed by atoms with Gasteiger partial charge in [0.1, 0.15) is 11.6 Å². The largest absolute Gasteiger partial charge is 0.375 e. The maximum atomic E-state index is 14.1. The summed E-state index contributed by atoms with van der Waals surface area (Å²) in [7, 11) is 0. The molecule has 2 nitrogen and oxygen atoms in total. The van der Waals surface area contributed by atoms with Crippen molar-refractivity contribution in [3.63, 3.8) is 0 Å². The molecule has 0 bridgehead atoms. The van der Waals surface area contributed by atoms with Crippen molar-refractivity contribution in [3.05, 3.63) is 44.4 Å². The summed E-state index contributed by atoms with van der Waals surface area (Å²) in [5, 5.41) is 0.495. The van der Waals surface area contributed by atoms with Gasteiger partial charge in [-0.25, -0.2) is 13.8 Å². The molecule has 2 N–H and O–H groups in total. The van der Waals surface area contributed by atoms with Gasteiger partial charge in [-0.2, -0.15) is 0 Å². The Morgan fingerprint density at radius 2 is 2.11 bits per heavy atom. The summed E-state index contributed by atoms with van der Waals surface area (Å²) >= 11 is 4.37. The predicted molar refractivity (Wildman–Crippen MR) is 75.4 cm³/mol. The van der Waals surface area contributed by atoms with E-state index in [0.29, 0.717) is 10.7 Å². The topological polar surface area (TPSA) is 38.9 Å². The first-order chi connectivity index (χ1) is 9.06. The van der Waals surface area contributed by atoms with E-state index in [0.717, 1.165) is 29.8 Å². The number of hydrogen-bond acceptors (Lipinski definition) is 3. The number of halogens is 3. The van der Waals surface area contributed by atoms with Crippen molar-refractivity contribution in [2.45, 2.75) is 25.2 Å². The van der Waals surface area contributed by atoms with Crippen LogP contribution in [0.5, 0.6) is 0 Å². The van der Waals surface area contributed by atoms with Crippen molar-refractivity contribution in [1.29, 1.82) is 0 Å². The third-order valence-corrected chi connectivity index (χ3v) is 5.03. The molecule has 3 rings (SSSR count). The molecule has 6 heteroatoms. The zero-order valence-electron chi connectivity index (χ0n) is 9.92. The molecular formula is C13H11BrF2N2S. The maximum Gasteiger partial charge on any atom is 0.180 e. The molecule has 100 valence electrons. The average Bonchev–Trinajstić information content (AvgIpc) is 2.74. The number of rotatable bonds is 1. The van der Waals surface area contributed by atoms with Crippen LogP contribution in [0.2, 0.25) is 0 Å². The van der Waals surface area contributed by atoms with Gasteiger partial charge >= 0.3 is 0 Å².